The number of amides is 1. The molecule has 0 radical (unpaired) electrons. The number of benzene rings is 1. The van der Waals surface area contributed by atoms with Crippen molar-refractivity contribution in [1.82, 2.24) is 4.90 Å². The zero-order valence-corrected chi connectivity index (χ0v) is 11.8. The predicted molar refractivity (Wildman–Crippen MR) is 70.3 cm³/mol. The first kappa shape index (κ1) is 16.5. The molecule has 0 spiro atoms. The number of carbonyl (C=O) groups excluding carboxylic acids is 1. The Morgan fingerprint density at radius 2 is 1.80 bits per heavy atom. The van der Waals surface area contributed by atoms with Crippen LogP contribution in [0.4, 0.5) is 13.2 Å². The summed E-state index contributed by atoms with van der Waals surface area (Å²) in [6.07, 6.45) is 1.24. The standard InChI is InChI=1S/C14H19F3N2O/c1-4-5-14(2,18)13(20)19(3)8-9-6-10(15)12(17)11(16)7-9/h6-7H,4-5,8,18H2,1-3H3. The zero-order valence-electron chi connectivity index (χ0n) is 11.8. The smallest absolute Gasteiger partial charge is 0.242 e. The molecule has 0 fully saturated rings. The van der Waals surface area contributed by atoms with Gasteiger partial charge < -0.3 is 10.6 Å². The molecule has 1 atom stereocenters. The highest BCUT2D eigenvalue weighted by Crippen LogP contribution is 2.17. The summed E-state index contributed by atoms with van der Waals surface area (Å²) < 4.78 is 39.1. The molecule has 0 aromatic heterocycles. The van der Waals surface area contributed by atoms with Gasteiger partial charge in [-0.05, 0) is 31.0 Å². The van der Waals surface area contributed by atoms with Crippen LogP contribution in [0.5, 0.6) is 0 Å². The first-order valence-corrected chi connectivity index (χ1v) is 6.37. The molecule has 112 valence electrons. The van der Waals surface area contributed by atoms with Gasteiger partial charge in [-0.2, -0.15) is 0 Å². The Kier molecular flexibility index (Phi) is 5.16. The van der Waals surface area contributed by atoms with Gasteiger partial charge in [0.05, 0.1) is 5.54 Å². The van der Waals surface area contributed by atoms with Gasteiger partial charge in [-0.25, -0.2) is 13.2 Å². The van der Waals surface area contributed by atoms with E-state index >= 15 is 0 Å². The molecule has 0 saturated heterocycles. The van der Waals surface area contributed by atoms with Gasteiger partial charge >= 0.3 is 0 Å². The predicted octanol–water partition coefficient (Wildman–Crippen LogP) is 2.58. The minimum Gasteiger partial charge on any atom is -0.340 e. The fourth-order valence-electron chi connectivity index (χ4n) is 2.11. The lowest BCUT2D eigenvalue weighted by Gasteiger charge is -2.29. The maximum absolute atomic E-state index is 13.1. The normalized spacial score (nSPS) is 13.9. The highest BCUT2D eigenvalue weighted by molar-refractivity contribution is 5.85. The maximum Gasteiger partial charge on any atom is 0.242 e. The van der Waals surface area contributed by atoms with Gasteiger partial charge in [0.25, 0.3) is 0 Å². The van der Waals surface area contributed by atoms with E-state index in [1.165, 1.54) is 11.9 Å². The van der Waals surface area contributed by atoms with Gasteiger partial charge in [-0.1, -0.05) is 13.3 Å². The lowest BCUT2D eigenvalue weighted by atomic mass is 9.95. The van der Waals surface area contributed by atoms with Gasteiger partial charge in [0.1, 0.15) is 0 Å². The third-order valence-corrected chi connectivity index (χ3v) is 3.07. The fourth-order valence-corrected chi connectivity index (χ4v) is 2.11. The average Bonchev–Trinajstić information content (AvgIpc) is 2.34. The summed E-state index contributed by atoms with van der Waals surface area (Å²) in [4.78, 5) is 13.4. The number of likely N-dealkylation sites (N-methyl/N-ethyl adjacent to an activating group) is 1. The van der Waals surface area contributed by atoms with E-state index < -0.39 is 23.0 Å². The molecular formula is C14H19F3N2O. The largest absolute Gasteiger partial charge is 0.340 e. The molecule has 1 aromatic rings. The van der Waals surface area contributed by atoms with Crippen LogP contribution in [0.15, 0.2) is 12.1 Å². The summed E-state index contributed by atoms with van der Waals surface area (Å²) in [5, 5.41) is 0. The lowest BCUT2D eigenvalue weighted by molar-refractivity contribution is -0.135. The molecule has 1 aromatic carbocycles. The maximum atomic E-state index is 13.1. The Morgan fingerprint density at radius 3 is 2.25 bits per heavy atom. The molecule has 0 saturated carbocycles. The van der Waals surface area contributed by atoms with Crippen molar-refractivity contribution < 1.29 is 18.0 Å². The summed E-state index contributed by atoms with van der Waals surface area (Å²) in [6.45, 7) is 3.48. The van der Waals surface area contributed by atoms with Gasteiger partial charge in [0.15, 0.2) is 17.5 Å². The van der Waals surface area contributed by atoms with Crippen LogP contribution in [-0.2, 0) is 11.3 Å². The number of rotatable bonds is 5. The Labute approximate surface area is 116 Å². The molecule has 1 rings (SSSR count). The van der Waals surface area contributed by atoms with E-state index in [4.69, 9.17) is 5.73 Å². The first-order chi connectivity index (χ1) is 9.19. The van der Waals surface area contributed by atoms with E-state index in [9.17, 15) is 18.0 Å². The van der Waals surface area contributed by atoms with E-state index in [0.29, 0.717) is 6.42 Å². The number of nitrogens with two attached hydrogens (primary N) is 1. The summed E-state index contributed by atoms with van der Waals surface area (Å²) >= 11 is 0. The highest BCUT2D eigenvalue weighted by Gasteiger charge is 2.30. The van der Waals surface area contributed by atoms with Crippen LogP contribution in [0.3, 0.4) is 0 Å². The van der Waals surface area contributed by atoms with E-state index in [1.807, 2.05) is 6.92 Å². The quantitative estimate of drug-likeness (QED) is 0.846. The van der Waals surface area contributed by atoms with Crippen molar-refractivity contribution in [2.75, 3.05) is 7.05 Å². The zero-order chi connectivity index (χ0) is 15.5. The van der Waals surface area contributed by atoms with E-state index in [-0.39, 0.29) is 18.0 Å². The molecule has 0 bridgehead atoms. The number of hydrogen-bond donors (Lipinski definition) is 1. The molecule has 2 N–H and O–H groups in total. The molecule has 0 heterocycles. The Balaban J connectivity index is 2.86. The Bertz CT molecular complexity index is 480. The number of hydrogen-bond acceptors (Lipinski definition) is 2. The van der Waals surface area contributed by atoms with Gasteiger partial charge in [-0.15, -0.1) is 0 Å². The Hall–Kier alpha value is -1.56. The Morgan fingerprint density at radius 1 is 1.30 bits per heavy atom. The van der Waals surface area contributed by atoms with E-state index in [2.05, 4.69) is 0 Å². The third-order valence-electron chi connectivity index (χ3n) is 3.07. The van der Waals surface area contributed by atoms with Gasteiger partial charge in [-0.3, -0.25) is 4.79 Å². The van der Waals surface area contributed by atoms with Crippen molar-refractivity contribution in [2.24, 2.45) is 5.73 Å². The van der Waals surface area contributed by atoms with Crippen molar-refractivity contribution in [3.63, 3.8) is 0 Å². The number of nitrogens with zero attached hydrogens (tertiary/aromatic N) is 1. The second-order valence-corrected chi connectivity index (χ2v) is 5.20. The monoisotopic (exact) mass is 288 g/mol. The molecule has 20 heavy (non-hydrogen) atoms. The summed E-state index contributed by atoms with van der Waals surface area (Å²) in [6, 6.07) is 1.74. The molecule has 3 nitrogen and oxygen atoms in total. The van der Waals surface area contributed by atoms with Crippen molar-refractivity contribution in [3.8, 4) is 0 Å². The summed E-state index contributed by atoms with van der Waals surface area (Å²) in [7, 11) is 1.49. The minimum atomic E-state index is -1.52. The minimum absolute atomic E-state index is 0.0382. The third kappa shape index (κ3) is 3.72. The molecule has 1 amide bonds. The molecule has 0 aliphatic carbocycles. The van der Waals surface area contributed by atoms with Crippen molar-refractivity contribution in [1.29, 1.82) is 0 Å². The van der Waals surface area contributed by atoms with E-state index in [0.717, 1.165) is 18.6 Å². The molecular weight excluding hydrogens is 269 g/mol. The molecule has 1 unspecified atom stereocenters. The summed E-state index contributed by atoms with van der Waals surface area (Å²) in [5.74, 6) is -4.39. The second-order valence-electron chi connectivity index (χ2n) is 5.20. The highest BCUT2D eigenvalue weighted by atomic mass is 19.2. The SMILES string of the molecule is CCCC(C)(N)C(=O)N(C)Cc1cc(F)c(F)c(F)c1. The van der Waals surface area contributed by atoms with Gasteiger partial charge in [0, 0.05) is 13.6 Å². The number of carbonyl (C=O) groups is 1. The molecule has 6 heteroatoms. The first-order valence-electron chi connectivity index (χ1n) is 6.37. The van der Waals surface area contributed by atoms with Crippen LogP contribution in [-0.4, -0.2) is 23.4 Å². The molecule has 0 aliphatic rings. The van der Waals surface area contributed by atoms with Crippen LogP contribution in [0.2, 0.25) is 0 Å². The lowest BCUT2D eigenvalue weighted by Crippen LogP contribution is -2.51. The van der Waals surface area contributed by atoms with Crippen molar-refractivity contribution >= 4 is 5.91 Å². The van der Waals surface area contributed by atoms with Crippen LogP contribution < -0.4 is 5.73 Å². The van der Waals surface area contributed by atoms with Gasteiger partial charge in [0.2, 0.25) is 5.91 Å². The molecule has 0 aliphatic heterocycles. The average molecular weight is 288 g/mol. The van der Waals surface area contributed by atoms with Crippen LogP contribution in [0.25, 0.3) is 0 Å². The van der Waals surface area contributed by atoms with Crippen molar-refractivity contribution in [3.05, 3.63) is 35.1 Å². The topological polar surface area (TPSA) is 46.3 Å². The van der Waals surface area contributed by atoms with E-state index in [1.54, 1.807) is 6.92 Å². The van der Waals surface area contributed by atoms with Crippen LogP contribution in [0, 0.1) is 17.5 Å². The second kappa shape index (κ2) is 6.26. The fraction of sp³-hybridized carbons (Fsp3) is 0.500. The van der Waals surface area contributed by atoms with Crippen LogP contribution in [0.1, 0.15) is 32.3 Å². The van der Waals surface area contributed by atoms with Crippen molar-refractivity contribution in [2.45, 2.75) is 38.8 Å². The van der Waals surface area contributed by atoms with Crippen LogP contribution >= 0.6 is 0 Å². The summed E-state index contributed by atoms with van der Waals surface area (Å²) in [5.41, 5.74) is 5.05. The number of halogens is 3.